The number of benzene rings is 1. The van der Waals surface area contributed by atoms with Gasteiger partial charge in [0.25, 0.3) is 5.91 Å². The van der Waals surface area contributed by atoms with Crippen LogP contribution in [0.2, 0.25) is 0 Å². The lowest BCUT2D eigenvalue weighted by molar-refractivity contribution is 0.0955. The maximum atomic E-state index is 12.0. The topological polar surface area (TPSA) is 127 Å². The minimum absolute atomic E-state index is 0.0849. The van der Waals surface area contributed by atoms with Crippen molar-refractivity contribution in [3.05, 3.63) is 29.3 Å². The first kappa shape index (κ1) is 18.6. The van der Waals surface area contributed by atoms with E-state index in [9.17, 15) is 21.6 Å². The van der Waals surface area contributed by atoms with Gasteiger partial charge >= 0.3 is 0 Å². The maximum Gasteiger partial charge on any atom is 0.251 e. The van der Waals surface area contributed by atoms with E-state index in [4.69, 9.17) is 5.14 Å². The Kier molecular flexibility index (Phi) is 5.68. The Morgan fingerprint density at radius 2 is 1.82 bits per heavy atom. The predicted molar refractivity (Wildman–Crippen MR) is 82.4 cm³/mol. The second kappa shape index (κ2) is 6.73. The fourth-order valence-corrected chi connectivity index (χ4v) is 2.86. The Morgan fingerprint density at radius 3 is 2.32 bits per heavy atom. The maximum absolute atomic E-state index is 12.0. The minimum atomic E-state index is -3.91. The van der Waals surface area contributed by atoms with Gasteiger partial charge in [-0.15, -0.1) is 0 Å². The molecule has 22 heavy (non-hydrogen) atoms. The van der Waals surface area contributed by atoms with Crippen molar-refractivity contribution in [1.82, 2.24) is 9.62 Å². The quantitative estimate of drug-likeness (QED) is 0.699. The molecular weight excluding hydrogens is 330 g/mol. The molecule has 0 aliphatic heterocycles. The van der Waals surface area contributed by atoms with Crippen LogP contribution in [0.3, 0.4) is 0 Å². The molecule has 0 aliphatic carbocycles. The lowest BCUT2D eigenvalue weighted by Crippen LogP contribution is -2.34. The molecule has 3 N–H and O–H groups in total. The summed E-state index contributed by atoms with van der Waals surface area (Å²) in [7, 11) is -4.53. The number of nitrogens with zero attached hydrogens (tertiary/aromatic N) is 1. The predicted octanol–water partition coefficient (Wildman–Crippen LogP) is -0.736. The van der Waals surface area contributed by atoms with Crippen LogP contribution in [-0.4, -0.2) is 53.4 Å². The van der Waals surface area contributed by atoms with E-state index in [0.717, 1.165) is 4.31 Å². The lowest BCUT2D eigenvalue weighted by atomic mass is 10.1. The summed E-state index contributed by atoms with van der Waals surface area (Å²) in [5.41, 5.74) is 0.689. The van der Waals surface area contributed by atoms with Crippen LogP contribution < -0.4 is 10.5 Å². The Balaban J connectivity index is 2.87. The van der Waals surface area contributed by atoms with Gasteiger partial charge in [0.15, 0.2) is 0 Å². The highest BCUT2D eigenvalue weighted by molar-refractivity contribution is 7.89. The van der Waals surface area contributed by atoms with E-state index in [1.54, 1.807) is 6.92 Å². The fraction of sp³-hybridized carbons (Fsp3) is 0.417. The number of carbonyl (C=O) groups is 1. The molecule has 0 aliphatic rings. The molecule has 0 saturated heterocycles. The molecule has 0 saturated carbocycles. The van der Waals surface area contributed by atoms with Crippen LogP contribution >= 0.6 is 0 Å². The summed E-state index contributed by atoms with van der Waals surface area (Å²) in [6, 6.07) is 3.93. The monoisotopic (exact) mass is 349 g/mol. The van der Waals surface area contributed by atoms with Gasteiger partial charge in [0.2, 0.25) is 20.0 Å². The standard InChI is InChI=1S/C12H19N3O5S2/c1-9-4-5-10(22(13,19)20)8-11(9)12(16)14-6-7-21(17,18)15(2)3/h4-5,8H,6-7H2,1-3H3,(H,14,16)(H2,13,19,20). The van der Waals surface area contributed by atoms with Crippen LogP contribution in [0.1, 0.15) is 15.9 Å². The molecule has 0 aromatic heterocycles. The molecule has 0 heterocycles. The number of rotatable bonds is 6. The Bertz CT molecular complexity index is 770. The average molecular weight is 349 g/mol. The van der Waals surface area contributed by atoms with Crippen molar-refractivity contribution in [3.63, 3.8) is 0 Å². The molecule has 0 radical (unpaired) electrons. The third-order valence-corrected chi connectivity index (χ3v) is 5.73. The molecule has 10 heteroatoms. The first-order valence-corrected chi connectivity index (χ1v) is 9.42. The second-order valence-electron chi connectivity index (χ2n) is 4.88. The summed E-state index contributed by atoms with van der Waals surface area (Å²) in [4.78, 5) is 11.9. The highest BCUT2D eigenvalue weighted by Crippen LogP contribution is 2.14. The van der Waals surface area contributed by atoms with Gasteiger partial charge in [0.1, 0.15) is 0 Å². The zero-order chi connectivity index (χ0) is 17.1. The summed E-state index contributed by atoms with van der Waals surface area (Å²) >= 11 is 0. The molecule has 8 nitrogen and oxygen atoms in total. The molecule has 0 spiro atoms. The van der Waals surface area contributed by atoms with E-state index in [1.807, 2.05) is 0 Å². The zero-order valence-electron chi connectivity index (χ0n) is 12.5. The van der Waals surface area contributed by atoms with E-state index in [1.165, 1.54) is 32.3 Å². The van der Waals surface area contributed by atoms with Crippen LogP contribution in [0.5, 0.6) is 0 Å². The highest BCUT2D eigenvalue weighted by Gasteiger charge is 2.17. The summed E-state index contributed by atoms with van der Waals surface area (Å²) in [5.74, 6) is -0.809. The van der Waals surface area contributed by atoms with Crippen LogP contribution in [-0.2, 0) is 20.0 Å². The van der Waals surface area contributed by atoms with E-state index in [0.29, 0.717) is 5.56 Å². The molecule has 1 aromatic carbocycles. The van der Waals surface area contributed by atoms with Gasteiger partial charge in [-0.05, 0) is 24.6 Å². The number of primary sulfonamides is 1. The molecule has 0 bridgehead atoms. The van der Waals surface area contributed by atoms with Crippen LogP contribution in [0.4, 0.5) is 0 Å². The van der Waals surface area contributed by atoms with Crippen molar-refractivity contribution >= 4 is 26.0 Å². The molecule has 0 fully saturated rings. The van der Waals surface area contributed by atoms with Crippen molar-refractivity contribution in [2.75, 3.05) is 26.4 Å². The number of nitrogens with two attached hydrogens (primary N) is 1. The van der Waals surface area contributed by atoms with Gasteiger partial charge in [-0.2, -0.15) is 0 Å². The summed E-state index contributed by atoms with van der Waals surface area (Å²) in [6.45, 7) is 1.55. The van der Waals surface area contributed by atoms with E-state index >= 15 is 0 Å². The van der Waals surface area contributed by atoms with Gasteiger partial charge in [-0.1, -0.05) is 6.07 Å². The minimum Gasteiger partial charge on any atom is -0.351 e. The van der Waals surface area contributed by atoms with Crippen LogP contribution in [0.15, 0.2) is 23.1 Å². The van der Waals surface area contributed by atoms with Gasteiger partial charge in [0.05, 0.1) is 10.6 Å². The summed E-state index contributed by atoms with van der Waals surface area (Å²) < 4.78 is 46.8. The van der Waals surface area contributed by atoms with Crippen molar-refractivity contribution in [2.45, 2.75) is 11.8 Å². The Labute approximate surface area is 130 Å². The first-order chi connectivity index (χ1) is 9.95. The van der Waals surface area contributed by atoms with Crippen molar-refractivity contribution in [3.8, 4) is 0 Å². The van der Waals surface area contributed by atoms with Gasteiger partial charge < -0.3 is 5.32 Å². The zero-order valence-corrected chi connectivity index (χ0v) is 14.2. The molecule has 1 aromatic rings. The fourth-order valence-electron chi connectivity index (χ4n) is 1.59. The van der Waals surface area contributed by atoms with Crippen LogP contribution in [0, 0.1) is 6.92 Å². The number of nitrogens with one attached hydrogen (secondary N) is 1. The molecule has 0 atom stereocenters. The van der Waals surface area contributed by atoms with E-state index < -0.39 is 26.0 Å². The van der Waals surface area contributed by atoms with Crippen molar-refractivity contribution in [1.29, 1.82) is 0 Å². The molecule has 1 amide bonds. The van der Waals surface area contributed by atoms with Crippen molar-refractivity contribution < 1.29 is 21.6 Å². The van der Waals surface area contributed by atoms with Crippen LogP contribution in [0.25, 0.3) is 0 Å². The second-order valence-corrected chi connectivity index (χ2v) is 8.74. The third kappa shape index (κ3) is 4.77. The number of hydrogen-bond acceptors (Lipinski definition) is 5. The van der Waals surface area contributed by atoms with Crippen molar-refractivity contribution in [2.24, 2.45) is 5.14 Å². The van der Waals surface area contributed by atoms with E-state index in [2.05, 4.69) is 5.32 Å². The summed E-state index contributed by atoms with van der Waals surface area (Å²) in [5, 5.41) is 7.47. The van der Waals surface area contributed by atoms with E-state index in [-0.39, 0.29) is 22.8 Å². The highest BCUT2D eigenvalue weighted by atomic mass is 32.2. The molecule has 0 unspecified atom stereocenters. The van der Waals surface area contributed by atoms with Gasteiger partial charge in [-0.3, -0.25) is 4.79 Å². The normalized spacial score (nSPS) is 12.4. The molecule has 124 valence electrons. The Morgan fingerprint density at radius 1 is 1.23 bits per heavy atom. The number of amides is 1. The average Bonchev–Trinajstić information content (AvgIpc) is 2.37. The molecular formula is C12H19N3O5S2. The number of sulfonamides is 2. The Hall–Kier alpha value is -1.49. The first-order valence-electron chi connectivity index (χ1n) is 6.27. The third-order valence-electron chi connectivity index (χ3n) is 2.98. The smallest absolute Gasteiger partial charge is 0.251 e. The van der Waals surface area contributed by atoms with Gasteiger partial charge in [0, 0.05) is 26.2 Å². The largest absolute Gasteiger partial charge is 0.351 e. The SMILES string of the molecule is Cc1ccc(S(N)(=O)=O)cc1C(=O)NCCS(=O)(=O)N(C)C. The number of carbonyl (C=O) groups excluding carboxylic acids is 1. The van der Waals surface area contributed by atoms with Gasteiger partial charge in [-0.25, -0.2) is 26.3 Å². The number of aryl methyl sites for hydroxylation is 1. The molecule has 1 rings (SSSR count). The summed E-state index contributed by atoms with van der Waals surface area (Å²) in [6.07, 6.45) is 0. The lowest BCUT2D eigenvalue weighted by Gasteiger charge is -2.12. The number of hydrogen-bond donors (Lipinski definition) is 2.